The number of benzene rings is 2. The molecular formula is C22H21F3N2O4. The predicted octanol–water partition coefficient (Wildman–Crippen LogP) is 4.15. The van der Waals surface area contributed by atoms with Crippen molar-refractivity contribution < 1.29 is 32.2 Å². The molecule has 0 aliphatic carbocycles. The standard InChI is InChI=1S/C22H21F3N2O4/c1-3-18-20(28)27(17-8-7-14(22(23,24)25)9-19(17)31-18)16-6-4-5-15(10-16)26-11-13(12-26)21(29)30-2/h4-10,13,18H,3,11-12H2,1-2H3. The van der Waals surface area contributed by atoms with Crippen LogP contribution in [-0.4, -0.2) is 38.2 Å². The summed E-state index contributed by atoms with van der Waals surface area (Å²) in [5, 5.41) is 0. The minimum Gasteiger partial charge on any atom is -0.478 e. The average Bonchev–Trinajstić information content (AvgIpc) is 2.71. The van der Waals surface area contributed by atoms with Crippen molar-refractivity contribution >= 4 is 28.9 Å². The van der Waals surface area contributed by atoms with Gasteiger partial charge in [-0.15, -0.1) is 0 Å². The van der Waals surface area contributed by atoms with Gasteiger partial charge in [0.1, 0.15) is 5.75 Å². The fourth-order valence-electron chi connectivity index (χ4n) is 3.79. The molecule has 2 aromatic carbocycles. The Kier molecular flexibility index (Phi) is 5.28. The van der Waals surface area contributed by atoms with E-state index in [1.807, 2.05) is 11.0 Å². The summed E-state index contributed by atoms with van der Waals surface area (Å²) in [5.41, 5.74) is 0.750. The summed E-state index contributed by atoms with van der Waals surface area (Å²) in [7, 11) is 1.35. The largest absolute Gasteiger partial charge is 0.478 e. The molecule has 2 aromatic rings. The zero-order valence-corrected chi connectivity index (χ0v) is 17.0. The second kappa shape index (κ2) is 7.79. The molecule has 9 heteroatoms. The maximum Gasteiger partial charge on any atom is 0.416 e. The van der Waals surface area contributed by atoms with Gasteiger partial charge in [-0.3, -0.25) is 14.5 Å². The first-order chi connectivity index (χ1) is 14.7. The Balaban J connectivity index is 1.68. The van der Waals surface area contributed by atoms with E-state index in [4.69, 9.17) is 9.47 Å². The van der Waals surface area contributed by atoms with E-state index in [-0.39, 0.29) is 29.2 Å². The zero-order chi connectivity index (χ0) is 22.3. The molecule has 1 amide bonds. The van der Waals surface area contributed by atoms with Crippen LogP contribution in [-0.2, 0) is 20.5 Å². The van der Waals surface area contributed by atoms with Gasteiger partial charge in [0.2, 0.25) is 0 Å². The summed E-state index contributed by atoms with van der Waals surface area (Å²) in [5.74, 6) is -0.801. The lowest BCUT2D eigenvalue weighted by Gasteiger charge is -2.40. The molecule has 0 bridgehead atoms. The SMILES string of the molecule is CCC1Oc2cc(C(F)(F)F)ccc2N(c2cccc(N3CC(C(=O)OC)C3)c2)C1=O. The zero-order valence-electron chi connectivity index (χ0n) is 17.0. The van der Waals surface area contributed by atoms with Crippen molar-refractivity contribution in [2.45, 2.75) is 25.6 Å². The Bertz CT molecular complexity index is 1020. The van der Waals surface area contributed by atoms with Crippen LogP contribution < -0.4 is 14.5 Å². The minimum absolute atomic E-state index is 0.0152. The first-order valence-electron chi connectivity index (χ1n) is 9.87. The summed E-state index contributed by atoms with van der Waals surface area (Å²) in [6, 6.07) is 10.2. The van der Waals surface area contributed by atoms with Crippen LogP contribution in [0.2, 0.25) is 0 Å². The Morgan fingerprint density at radius 2 is 1.87 bits per heavy atom. The molecule has 4 rings (SSSR count). The van der Waals surface area contributed by atoms with Crippen molar-refractivity contribution in [1.82, 2.24) is 0 Å². The number of halogens is 3. The van der Waals surface area contributed by atoms with E-state index in [0.717, 1.165) is 17.8 Å². The third kappa shape index (κ3) is 3.80. The lowest BCUT2D eigenvalue weighted by Crippen LogP contribution is -2.51. The average molecular weight is 434 g/mol. The minimum atomic E-state index is -4.51. The van der Waals surface area contributed by atoms with Crippen LogP contribution in [0.5, 0.6) is 5.75 Å². The third-order valence-corrected chi connectivity index (χ3v) is 5.53. The van der Waals surface area contributed by atoms with Crippen molar-refractivity contribution in [3.05, 3.63) is 48.0 Å². The van der Waals surface area contributed by atoms with Crippen LogP contribution in [0.3, 0.4) is 0 Å². The lowest BCUT2D eigenvalue weighted by atomic mass is 9.99. The molecule has 0 saturated carbocycles. The Morgan fingerprint density at radius 1 is 1.16 bits per heavy atom. The number of rotatable bonds is 4. The molecule has 0 radical (unpaired) electrons. The maximum absolute atomic E-state index is 13.2. The van der Waals surface area contributed by atoms with Crippen LogP contribution in [0.4, 0.5) is 30.2 Å². The maximum atomic E-state index is 13.2. The molecule has 164 valence electrons. The van der Waals surface area contributed by atoms with Gasteiger partial charge in [0.25, 0.3) is 5.91 Å². The summed E-state index contributed by atoms with van der Waals surface area (Å²) >= 11 is 0. The van der Waals surface area contributed by atoms with Crippen molar-refractivity contribution in [1.29, 1.82) is 0 Å². The Hall–Kier alpha value is -3.23. The van der Waals surface area contributed by atoms with Gasteiger partial charge in [-0.1, -0.05) is 13.0 Å². The van der Waals surface area contributed by atoms with Gasteiger partial charge in [-0.2, -0.15) is 13.2 Å². The van der Waals surface area contributed by atoms with E-state index < -0.39 is 17.8 Å². The first kappa shape index (κ1) is 21.0. The van der Waals surface area contributed by atoms with Crippen molar-refractivity contribution in [2.24, 2.45) is 5.92 Å². The van der Waals surface area contributed by atoms with E-state index in [9.17, 15) is 22.8 Å². The number of ether oxygens (including phenoxy) is 2. The predicted molar refractivity (Wildman–Crippen MR) is 107 cm³/mol. The molecule has 0 N–H and O–H groups in total. The molecule has 0 spiro atoms. The molecule has 1 atom stereocenters. The number of fused-ring (bicyclic) bond motifs is 1. The second-order valence-corrected chi connectivity index (χ2v) is 7.51. The monoisotopic (exact) mass is 434 g/mol. The van der Waals surface area contributed by atoms with Gasteiger partial charge in [0, 0.05) is 18.8 Å². The number of amides is 1. The molecule has 2 heterocycles. The Labute approximate surface area is 177 Å². The summed E-state index contributed by atoms with van der Waals surface area (Å²) in [6.45, 7) is 2.73. The normalized spacial score (nSPS) is 18.9. The van der Waals surface area contributed by atoms with E-state index >= 15 is 0 Å². The molecule has 1 fully saturated rings. The van der Waals surface area contributed by atoms with Gasteiger partial charge >= 0.3 is 12.1 Å². The summed E-state index contributed by atoms with van der Waals surface area (Å²) in [4.78, 5) is 28.1. The highest BCUT2D eigenvalue weighted by Crippen LogP contribution is 2.43. The van der Waals surface area contributed by atoms with Crippen LogP contribution in [0.1, 0.15) is 18.9 Å². The quantitative estimate of drug-likeness (QED) is 0.677. The number of carbonyl (C=O) groups excluding carboxylic acids is 2. The smallest absolute Gasteiger partial charge is 0.416 e. The number of carbonyl (C=O) groups is 2. The van der Waals surface area contributed by atoms with Gasteiger partial charge in [0.05, 0.1) is 30.0 Å². The van der Waals surface area contributed by atoms with Gasteiger partial charge < -0.3 is 14.4 Å². The van der Waals surface area contributed by atoms with Crippen LogP contribution in [0.15, 0.2) is 42.5 Å². The van der Waals surface area contributed by atoms with E-state index in [1.54, 1.807) is 25.1 Å². The van der Waals surface area contributed by atoms with E-state index in [2.05, 4.69) is 0 Å². The summed E-state index contributed by atoms with van der Waals surface area (Å²) < 4.78 is 49.8. The Morgan fingerprint density at radius 3 is 2.52 bits per heavy atom. The summed E-state index contributed by atoms with van der Waals surface area (Å²) in [6.07, 6.45) is -5.08. The number of methoxy groups -OCH3 is 1. The number of hydrogen-bond acceptors (Lipinski definition) is 5. The van der Waals surface area contributed by atoms with E-state index in [1.165, 1.54) is 18.1 Å². The van der Waals surface area contributed by atoms with Crippen molar-refractivity contribution in [2.75, 3.05) is 30.0 Å². The van der Waals surface area contributed by atoms with Crippen LogP contribution >= 0.6 is 0 Å². The molecule has 6 nitrogen and oxygen atoms in total. The molecule has 2 aliphatic heterocycles. The highest BCUT2D eigenvalue weighted by molar-refractivity contribution is 6.06. The number of nitrogens with zero attached hydrogens (tertiary/aromatic N) is 2. The van der Waals surface area contributed by atoms with Gasteiger partial charge in [-0.05, 0) is 42.8 Å². The van der Waals surface area contributed by atoms with Crippen molar-refractivity contribution in [3.8, 4) is 5.75 Å². The molecule has 2 aliphatic rings. The molecule has 0 aromatic heterocycles. The van der Waals surface area contributed by atoms with Crippen molar-refractivity contribution in [3.63, 3.8) is 0 Å². The van der Waals surface area contributed by atoms with Crippen LogP contribution in [0.25, 0.3) is 0 Å². The third-order valence-electron chi connectivity index (χ3n) is 5.53. The fourth-order valence-corrected chi connectivity index (χ4v) is 3.79. The van der Waals surface area contributed by atoms with Crippen LogP contribution in [0, 0.1) is 5.92 Å². The molecule has 31 heavy (non-hydrogen) atoms. The molecular weight excluding hydrogens is 413 g/mol. The van der Waals surface area contributed by atoms with Gasteiger partial charge in [0.15, 0.2) is 6.10 Å². The highest BCUT2D eigenvalue weighted by atomic mass is 19.4. The number of alkyl halides is 3. The molecule has 1 unspecified atom stereocenters. The molecule has 1 saturated heterocycles. The fraction of sp³-hybridized carbons (Fsp3) is 0.364. The first-order valence-corrected chi connectivity index (χ1v) is 9.87. The second-order valence-electron chi connectivity index (χ2n) is 7.51. The van der Waals surface area contributed by atoms with Gasteiger partial charge in [-0.25, -0.2) is 0 Å². The number of esters is 1. The number of anilines is 3. The topological polar surface area (TPSA) is 59.1 Å². The number of hydrogen-bond donors (Lipinski definition) is 0. The lowest BCUT2D eigenvalue weighted by molar-refractivity contribution is -0.146. The van der Waals surface area contributed by atoms with E-state index in [0.29, 0.717) is 25.2 Å². The highest BCUT2D eigenvalue weighted by Gasteiger charge is 2.38.